The Bertz CT molecular complexity index is 1330. The summed E-state index contributed by atoms with van der Waals surface area (Å²) in [4.78, 5) is 24.7. The van der Waals surface area contributed by atoms with Crippen LogP contribution in [0.5, 0.6) is 11.5 Å². The molecule has 0 aliphatic carbocycles. The fourth-order valence-corrected chi connectivity index (χ4v) is 3.40. The quantitative estimate of drug-likeness (QED) is 0.248. The number of carbonyl (C=O) groups is 1. The van der Waals surface area contributed by atoms with Crippen LogP contribution < -0.4 is 15.1 Å². The second kappa shape index (κ2) is 8.43. The van der Waals surface area contributed by atoms with Crippen molar-refractivity contribution in [2.75, 3.05) is 7.11 Å². The van der Waals surface area contributed by atoms with Gasteiger partial charge in [0.05, 0.1) is 7.11 Å². The van der Waals surface area contributed by atoms with Crippen molar-refractivity contribution in [1.82, 2.24) is 0 Å². The average Bonchev–Trinajstić information content (AvgIpc) is 2.76. The van der Waals surface area contributed by atoms with Gasteiger partial charge in [-0.2, -0.15) is 8.78 Å². The van der Waals surface area contributed by atoms with Crippen molar-refractivity contribution in [2.45, 2.75) is 13.2 Å². The lowest BCUT2D eigenvalue weighted by molar-refractivity contribution is -0.0518. The molecule has 158 valence electrons. The Kier molecular flexibility index (Phi) is 5.53. The Hall–Kier alpha value is -3.94. The highest BCUT2D eigenvalue weighted by atomic mass is 19.3. The third-order valence-corrected chi connectivity index (χ3v) is 4.70. The first-order chi connectivity index (χ1) is 15.0. The molecular weight excluding hydrogens is 410 g/mol. The Morgan fingerprint density at radius 2 is 1.87 bits per heavy atom. The van der Waals surface area contributed by atoms with E-state index >= 15 is 0 Å². The van der Waals surface area contributed by atoms with E-state index in [4.69, 9.17) is 13.9 Å². The lowest BCUT2D eigenvalue weighted by Gasteiger charge is -2.14. The van der Waals surface area contributed by atoms with Crippen LogP contribution in [0.4, 0.5) is 8.78 Å². The summed E-state index contributed by atoms with van der Waals surface area (Å²) in [6.45, 7) is -3.43. The van der Waals surface area contributed by atoms with E-state index in [0.717, 1.165) is 10.8 Å². The summed E-state index contributed by atoms with van der Waals surface area (Å²) in [7, 11) is 1.27. The largest absolute Gasteiger partial charge is 0.493 e. The lowest BCUT2D eigenvalue weighted by Crippen LogP contribution is -2.12. The molecule has 0 saturated carbocycles. The summed E-state index contributed by atoms with van der Waals surface area (Å²) < 4.78 is 45.7. The summed E-state index contributed by atoms with van der Waals surface area (Å²) in [5, 5.41) is 2.36. The number of rotatable bonds is 6. The zero-order valence-corrected chi connectivity index (χ0v) is 16.3. The summed E-state index contributed by atoms with van der Waals surface area (Å²) in [6.07, 6.45) is 0. The lowest BCUT2D eigenvalue weighted by atomic mass is 10.0. The molecule has 4 aromatic rings. The molecule has 1 heterocycles. The highest BCUT2D eigenvalue weighted by molar-refractivity contribution is 6.07. The first kappa shape index (κ1) is 20.3. The maximum Gasteiger partial charge on any atom is 0.387 e. The fraction of sp³-hybridized carbons (Fsp3) is 0.130. The van der Waals surface area contributed by atoms with E-state index in [1.807, 2.05) is 30.3 Å². The van der Waals surface area contributed by atoms with Gasteiger partial charge in [-0.15, -0.1) is 0 Å². The van der Waals surface area contributed by atoms with Crippen molar-refractivity contribution in [1.29, 1.82) is 0 Å². The molecule has 3 aromatic carbocycles. The van der Waals surface area contributed by atoms with Gasteiger partial charge >= 0.3 is 18.2 Å². The van der Waals surface area contributed by atoms with E-state index in [0.29, 0.717) is 16.5 Å². The van der Waals surface area contributed by atoms with E-state index in [2.05, 4.69) is 4.74 Å². The van der Waals surface area contributed by atoms with E-state index in [-0.39, 0.29) is 17.9 Å². The summed E-state index contributed by atoms with van der Waals surface area (Å²) >= 11 is 0. The molecule has 0 aliphatic rings. The molecule has 0 spiro atoms. The van der Waals surface area contributed by atoms with Crippen molar-refractivity contribution in [3.05, 3.63) is 82.2 Å². The van der Waals surface area contributed by atoms with Gasteiger partial charge in [0.15, 0.2) is 11.5 Å². The van der Waals surface area contributed by atoms with Crippen LogP contribution in [0.15, 0.2) is 69.9 Å². The van der Waals surface area contributed by atoms with Crippen LogP contribution in [0.3, 0.4) is 0 Å². The number of methoxy groups -OCH3 is 1. The minimum Gasteiger partial charge on any atom is -0.493 e. The van der Waals surface area contributed by atoms with Crippen molar-refractivity contribution >= 4 is 27.7 Å². The smallest absolute Gasteiger partial charge is 0.387 e. The number of hydrogen-bond donors (Lipinski definition) is 0. The predicted molar refractivity (Wildman–Crippen MR) is 109 cm³/mol. The van der Waals surface area contributed by atoms with E-state index in [1.54, 1.807) is 6.07 Å². The van der Waals surface area contributed by atoms with Crippen LogP contribution in [-0.2, 0) is 11.3 Å². The van der Waals surface area contributed by atoms with E-state index in [1.165, 1.54) is 31.4 Å². The number of carbonyl (C=O) groups excluding carboxylic acids is 1. The summed E-state index contributed by atoms with van der Waals surface area (Å²) in [6, 6.07) is 16.3. The zero-order valence-electron chi connectivity index (χ0n) is 16.3. The second-order valence-corrected chi connectivity index (χ2v) is 6.54. The molecule has 0 fully saturated rings. The topological polar surface area (TPSA) is 75.0 Å². The first-order valence-corrected chi connectivity index (χ1v) is 9.21. The highest BCUT2D eigenvalue weighted by Crippen LogP contribution is 2.33. The van der Waals surface area contributed by atoms with Crippen LogP contribution in [0.25, 0.3) is 21.7 Å². The minimum absolute atomic E-state index is 0.0356. The maximum atomic E-state index is 12.8. The molecule has 0 bridgehead atoms. The van der Waals surface area contributed by atoms with Gasteiger partial charge in [-0.05, 0) is 29.0 Å². The number of benzene rings is 3. The molecule has 0 atom stereocenters. The monoisotopic (exact) mass is 426 g/mol. The van der Waals surface area contributed by atoms with Gasteiger partial charge in [-0.25, -0.2) is 9.59 Å². The van der Waals surface area contributed by atoms with Crippen molar-refractivity contribution in [2.24, 2.45) is 0 Å². The van der Waals surface area contributed by atoms with E-state index < -0.39 is 24.0 Å². The van der Waals surface area contributed by atoms with Crippen molar-refractivity contribution < 1.29 is 32.2 Å². The molecule has 0 N–H and O–H groups in total. The maximum absolute atomic E-state index is 12.8. The number of fused-ring (bicyclic) bond motifs is 3. The number of halogens is 2. The van der Waals surface area contributed by atoms with Gasteiger partial charge in [0, 0.05) is 17.0 Å². The van der Waals surface area contributed by atoms with Gasteiger partial charge in [0.25, 0.3) is 0 Å². The number of esters is 1. The molecule has 0 radical (unpaired) electrons. The molecule has 0 saturated heterocycles. The molecule has 8 heteroatoms. The summed E-state index contributed by atoms with van der Waals surface area (Å²) in [5.41, 5.74) is -0.0512. The average molecular weight is 426 g/mol. The Balaban J connectivity index is 1.71. The molecule has 6 nitrogen and oxygen atoms in total. The SMILES string of the molecule is COc1cccc(C(=O)OCc2cc(=O)oc3ccc4ccccc4c23)c1OC(F)F. The van der Waals surface area contributed by atoms with Gasteiger partial charge < -0.3 is 18.6 Å². The third kappa shape index (κ3) is 4.05. The van der Waals surface area contributed by atoms with Gasteiger partial charge in [-0.3, -0.25) is 0 Å². The Morgan fingerprint density at radius 3 is 2.65 bits per heavy atom. The number of ether oxygens (including phenoxy) is 3. The number of alkyl halides is 2. The first-order valence-electron chi connectivity index (χ1n) is 9.21. The molecule has 4 rings (SSSR count). The normalized spacial score (nSPS) is 11.1. The van der Waals surface area contributed by atoms with Crippen LogP contribution >= 0.6 is 0 Å². The van der Waals surface area contributed by atoms with Crippen LogP contribution in [-0.4, -0.2) is 19.7 Å². The van der Waals surface area contributed by atoms with Gasteiger partial charge in [0.2, 0.25) is 0 Å². The number of para-hydroxylation sites is 1. The predicted octanol–water partition coefficient (Wildman–Crippen LogP) is 4.91. The van der Waals surface area contributed by atoms with Crippen LogP contribution in [0.1, 0.15) is 15.9 Å². The highest BCUT2D eigenvalue weighted by Gasteiger charge is 2.22. The molecular formula is C23H16F2O6. The van der Waals surface area contributed by atoms with Gasteiger partial charge in [0.1, 0.15) is 17.8 Å². The Morgan fingerprint density at radius 1 is 1.06 bits per heavy atom. The standard InChI is InChI=1S/C23H16F2O6/c1-28-18-8-4-7-16(21(18)31-23(24)25)22(27)29-12-14-11-19(26)30-17-10-9-13-5-2-3-6-15(13)20(14)17/h2-11,23H,12H2,1H3. The van der Waals surface area contributed by atoms with Crippen LogP contribution in [0.2, 0.25) is 0 Å². The van der Waals surface area contributed by atoms with Gasteiger partial charge in [-0.1, -0.05) is 36.4 Å². The second-order valence-electron chi connectivity index (χ2n) is 6.54. The minimum atomic E-state index is -3.16. The molecule has 1 aromatic heterocycles. The van der Waals surface area contributed by atoms with Crippen molar-refractivity contribution in [3.63, 3.8) is 0 Å². The molecule has 0 unspecified atom stereocenters. The zero-order chi connectivity index (χ0) is 22.0. The van der Waals surface area contributed by atoms with E-state index in [9.17, 15) is 18.4 Å². The fourth-order valence-electron chi connectivity index (χ4n) is 3.40. The number of hydrogen-bond acceptors (Lipinski definition) is 6. The van der Waals surface area contributed by atoms with Crippen LogP contribution in [0, 0.1) is 0 Å². The molecule has 0 aliphatic heterocycles. The third-order valence-electron chi connectivity index (χ3n) is 4.70. The Labute approximate surface area is 174 Å². The molecule has 0 amide bonds. The van der Waals surface area contributed by atoms with Crippen molar-refractivity contribution in [3.8, 4) is 11.5 Å². The molecule has 31 heavy (non-hydrogen) atoms. The summed E-state index contributed by atoms with van der Waals surface area (Å²) in [5.74, 6) is -1.37.